The van der Waals surface area contributed by atoms with Crippen molar-refractivity contribution in [2.45, 2.75) is 45.7 Å². The number of guanidine groups is 1. The molecule has 0 aromatic heterocycles. The molecule has 6 nitrogen and oxygen atoms in total. The Labute approximate surface area is 180 Å². The summed E-state index contributed by atoms with van der Waals surface area (Å²) in [6.07, 6.45) is 2.39. The molecular weight excluding hydrogens is 381 g/mol. The van der Waals surface area contributed by atoms with E-state index in [1.54, 1.807) is 12.1 Å². The second-order valence-corrected chi connectivity index (χ2v) is 8.72. The first kappa shape index (κ1) is 22.8. The molecule has 2 fully saturated rings. The van der Waals surface area contributed by atoms with Crippen molar-refractivity contribution in [2.75, 3.05) is 52.9 Å². The minimum absolute atomic E-state index is 0.0614. The van der Waals surface area contributed by atoms with Crippen LogP contribution in [0.2, 0.25) is 0 Å². The fourth-order valence-electron chi connectivity index (χ4n) is 3.61. The maximum atomic E-state index is 14.4. The summed E-state index contributed by atoms with van der Waals surface area (Å²) < 4.78 is 20.1. The van der Waals surface area contributed by atoms with Gasteiger partial charge >= 0.3 is 0 Å². The summed E-state index contributed by atoms with van der Waals surface area (Å²) >= 11 is 0. The van der Waals surface area contributed by atoms with E-state index in [4.69, 9.17) is 9.73 Å². The van der Waals surface area contributed by atoms with E-state index in [0.717, 1.165) is 50.8 Å². The molecule has 1 aliphatic carbocycles. The standard InChI is InChI=1S/C23H38FN5O/c1-5-25-23(26-15-17(2)29-12-10-28(4)11-13-29)27-18(3)20-8-9-22(21(24)14-20)30-16-19-6-7-19/h8-9,14,17-19H,5-7,10-13,15-16H2,1-4H3,(H2,25,26,27). The minimum Gasteiger partial charge on any atom is -0.490 e. The lowest BCUT2D eigenvalue weighted by Crippen LogP contribution is -2.49. The molecule has 0 spiro atoms. The molecule has 1 aliphatic heterocycles. The SMILES string of the molecule is CCNC(=NCC(C)N1CCN(C)CC1)NC(C)c1ccc(OCC2CC2)c(F)c1. The van der Waals surface area contributed by atoms with Crippen LogP contribution in [0.5, 0.6) is 5.75 Å². The monoisotopic (exact) mass is 419 g/mol. The van der Waals surface area contributed by atoms with Crippen LogP contribution in [-0.2, 0) is 0 Å². The van der Waals surface area contributed by atoms with Gasteiger partial charge in [-0.2, -0.15) is 0 Å². The Morgan fingerprint density at radius 3 is 2.60 bits per heavy atom. The molecule has 7 heteroatoms. The maximum absolute atomic E-state index is 14.4. The van der Waals surface area contributed by atoms with E-state index < -0.39 is 0 Å². The van der Waals surface area contributed by atoms with Crippen LogP contribution >= 0.6 is 0 Å². The normalized spacial score (nSPS) is 20.6. The Morgan fingerprint density at radius 1 is 1.23 bits per heavy atom. The fourth-order valence-corrected chi connectivity index (χ4v) is 3.61. The third-order valence-corrected chi connectivity index (χ3v) is 6.00. The molecule has 2 N–H and O–H groups in total. The van der Waals surface area contributed by atoms with Crippen molar-refractivity contribution in [3.8, 4) is 5.75 Å². The van der Waals surface area contributed by atoms with Crippen molar-refractivity contribution in [1.29, 1.82) is 0 Å². The van der Waals surface area contributed by atoms with Gasteiger partial charge < -0.3 is 20.3 Å². The number of nitrogens with one attached hydrogen (secondary N) is 2. The van der Waals surface area contributed by atoms with Crippen LogP contribution in [0.3, 0.4) is 0 Å². The fraction of sp³-hybridized carbons (Fsp3) is 0.696. The van der Waals surface area contributed by atoms with Crippen LogP contribution in [0, 0.1) is 11.7 Å². The van der Waals surface area contributed by atoms with Gasteiger partial charge in [-0.25, -0.2) is 4.39 Å². The molecule has 2 unspecified atom stereocenters. The van der Waals surface area contributed by atoms with E-state index in [-0.39, 0.29) is 11.9 Å². The lowest BCUT2D eigenvalue weighted by atomic mass is 10.1. The van der Waals surface area contributed by atoms with E-state index in [1.165, 1.54) is 12.8 Å². The second-order valence-electron chi connectivity index (χ2n) is 8.72. The lowest BCUT2D eigenvalue weighted by molar-refractivity contribution is 0.122. The summed E-state index contributed by atoms with van der Waals surface area (Å²) in [4.78, 5) is 9.64. The van der Waals surface area contributed by atoms with Crippen molar-refractivity contribution in [1.82, 2.24) is 20.4 Å². The quantitative estimate of drug-likeness (QED) is 0.476. The predicted octanol–water partition coefficient (Wildman–Crippen LogP) is 2.87. The number of halogens is 1. The van der Waals surface area contributed by atoms with Crippen molar-refractivity contribution < 1.29 is 9.13 Å². The molecule has 1 aromatic carbocycles. The number of hydrogen-bond acceptors (Lipinski definition) is 4. The van der Waals surface area contributed by atoms with Gasteiger partial charge in [0.2, 0.25) is 0 Å². The number of piperazine rings is 1. The van der Waals surface area contributed by atoms with Gasteiger partial charge in [-0.3, -0.25) is 9.89 Å². The van der Waals surface area contributed by atoms with Gasteiger partial charge in [0.1, 0.15) is 0 Å². The highest BCUT2D eigenvalue weighted by molar-refractivity contribution is 5.80. The molecule has 0 amide bonds. The second kappa shape index (κ2) is 11.0. The number of ether oxygens (including phenoxy) is 1. The summed E-state index contributed by atoms with van der Waals surface area (Å²) in [6, 6.07) is 5.57. The molecule has 1 saturated heterocycles. The van der Waals surface area contributed by atoms with Crippen LogP contribution in [0.4, 0.5) is 4.39 Å². The number of likely N-dealkylation sites (N-methyl/N-ethyl adjacent to an activating group) is 1. The van der Waals surface area contributed by atoms with Crippen LogP contribution in [0.1, 0.15) is 45.2 Å². The molecule has 0 radical (unpaired) electrons. The van der Waals surface area contributed by atoms with E-state index >= 15 is 0 Å². The molecule has 1 heterocycles. The third kappa shape index (κ3) is 6.84. The van der Waals surface area contributed by atoms with Crippen LogP contribution < -0.4 is 15.4 Å². The number of hydrogen-bond donors (Lipinski definition) is 2. The molecule has 168 valence electrons. The third-order valence-electron chi connectivity index (χ3n) is 6.00. The van der Waals surface area contributed by atoms with Gasteiger partial charge in [0, 0.05) is 38.8 Å². The maximum Gasteiger partial charge on any atom is 0.191 e. The highest BCUT2D eigenvalue weighted by Gasteiger charge is 2.23. The molecule has 1 saturated carbocycles. The first-order valence-corrected chi connectivity index (χ1v) is 11.4. The van der Waals surface area contributed by atoms with Gasteiger partial charge in [-0.15, -0.1) is 0 Å². The van der Waals surface area contributed by atoms with Crippen molar-refractivity contribution in [2.24, 2.45) is 10.9 Å². The Morgan fingerprint density at radius 2 is 1.97 bits per heavy atom. The van der Waals surface area contributed by atoms with Gasteiger partial charge in [0.15, 0.2) is 17.5 Å². The molecule has 2 aliphatic rings. The van der Waals surface area contributed by atoms with Gasteiger partial charge in [0.25, 0.3) is 0 Å². The number of rotatable bonds is 9. The van der Waals surface area contributed by atoms with E-state index in [9.17, 15) is 4.39 Å². The van der Waals surface area contributed by atoms with Crippen molar-refractivity contribution >= 4 is 5.96 Å². The molecule has 0 bridgehead atoms. The summed E-state index contributed by atoms with van der Waals surface area (Å²) in [5.74, 6) is 1.42. The Hall–Kier alpha value is -1.86. The van der Waals surface area contributed by atoms with Crippen molar-refractivity contribution in [3.63, 3.8) is 0 Å². The Kier molecular flexibility index (Phi) is 8.33. The van der Waals surface area contributed by atoms with Gasteiger partial charge in [-0.1, -0.05) is 6.07 Å². The predicted molar refractivity (Wildman–Crippen MR) is 121 cm³/mol. The zero-order valence-electron chi connectivity index (χ0n) is 19.0. The average molecular weight is 420 g/mol. The Bertz CT molecular complexity index is 701. The molecule has 2 atom stereocenters. The average Bonchev–Trinajstić information content (AvgIpc) is 3.56. The van der Waals surface area contributed by atoms with Gasteiger partial charge in [0.05, 0.1) is 19.2 Å². The summed E-state index contributed by atoms with van der Waals surface area (Å²) in [5.41, 5.74) is 0.879. The highest BCUT2D eigenvalue weighted by atomic mass is 19.1. The smallest absolute Gasteiger partial charge is 0.191 e. The number of aliphatic imine (C=N–C) groups is 1. The van der Waals surface area contributed by atoms with E-state index in [2.05, 4.69) is 41.3 Å². The zero-order chi connectivity index (χ0) is 21.5. The lowest BCUT2D eigenvalue weighted by Gasteiger charge is -2.36. The van der Waals surface area contributed by atoms with Crippen LogP contribution in [0.25, 0.3) is 0 Å². The largest absolute Gasteiger partial charge is 0.490 e. The summed E-state index contributed by atoms with van der Waals surface area (Å²) in [6.45, 7) is 12.8. The van der Waals surface area contributed by atoms with E-state index in [0.29, 0.717) is 24.3 Å². The zero-order valence-corrected chi connectivity index (χ0v) is 19.0. The van der Waals surface area contributed by atoms with E-state index in [1.807, 2.05) is 13.0 Å². The first-order chi connectivity index (χ1) is 14.5. The number of nitrogens with zero attached hydrogens (tertiary/aromatic N) is 3. The minimum atomic E-state index is -0.299. The van der Waals surface area contributed by atoms with Crippen LogP contribution in [-0.4, -0.2) is 74.7 Å². The molecular formula is C23H38FN5O. The molecule has 30 heavy (non-hydrogen) atoms. The summed E-state index contributed by atoms with van der Waals surface area (Å²) in [5, 5.41) is 6.72. The topological polar surface area (TPSA) is 52.1 Å². The highest BCUT2D eigenvalue weighted by Crippen LogP contribution is 2.30. The molecule has 3 rings (SSSR count). The summed E-state index contributed by atoms with van der Waals surface area (Å²) in [7, 11) is 2.17. The molecule has 1 aromatic rings. The van der Waals surface area contributed by atoms with Gasteiger partial charge in [-0.05, 0) is 64.3 Å². The Balaban J connectivity index is 1.55. The van der Waals surface area contributed by atoms with Crippen LogP contribution in [0.15, 0.2) is 23.2 Å². The number of benzene rings is 1. The first-order valence-electron chi connectivity index (χ1n) is 11.4. The van der Waals surface area contributed by atoms with Crippen molar-refractivity contribution in [3.05, 3.63) is 29.6 Å².